The van der Waals surface area contributed by atoms with E-state index in [2.05, 4.69) is 52.3 Å². The molecule has 0 fully saturated rings. The van der Waals surface area contributed by atoms with Crippen LogP contribution in [0.3, 0.4) is 0 Å². The number of aromatic nitrogens is 2. The third-order valence-electron chi connectivity index (χ3n) is 4.56. The summed E-state index contributed by atoms with van der Waals surface area (Å²) >= 11 is 0. The molecule has 4 rings (SSSR count). The molecule has 4 nitrogen and oxygen atoms in total. The van der Waals surface area contributed by atoms with E-state index in [1.807, 2.05) is 32.3 Å². The van der Waals surface area contributed by atoms with E-state index in [0.717, 1.165) is 17.8 Å². The fourth-order valence-corrected chi connectivity index (χ4v) is 3.32. The van der Waals surface area contributed by atoms with Crippen LogP contribution in [0.4, 0.5) is 0 Å². The maximum Gasteiger partial charge on any atom is 0.258 e. The summed E-state index contributed by atoms with van der Waals surface area (Å²) < 4.78 is 1.60. The van der Waals surface area contributed by atoms with E-state index in [9.17, 15) is 4.79 Å². The van der Waals surface area contributed by atoms with Crippen LogP contribution < -0.4 is 5.56 Å². The first kappa shape index (κ1) is 16.5. The van der Waals surface area contributed by atoms with Gasteiger partial charge < -0.3 is 0 Å². The van der Waals surface area contributed by atoms with Gasteiger partial charge in [0.2, 0.25) is 0 Å². The highest BCUT2D eigenvalue weighted by molar-refractivity contribution is 5.82. The summed E-state index contributed by atoms with van der Waals surface area (Å²) in [5.74, 6) is 0. The van der Waals surface area contributed by atoms with Crippen molar-refractivity contribution in [2.24, 2.45) is 0 Å². The summed E-state index contributed by atoms with van der Waals surface area (Å²) in [5.41, 5.74) is 3.74. The minimum atomic E-state index is -0.0344. The molecule has 4 aromatic rings. The maximum absolute atomic E-state index is 12.3. The first-order valence-electron chi connectivity index (χ1n) is 8.74. The Morgan fingerprint density at radius 2 is 1.77 bits per heavy atom. The van der Waals surface area contributed by atoms with E-state index < -0.39 is 0 Å². The Morgan fingerprint density at radius 1 is 0.962 bits per heavy atom. The Balaban J connectivity index is 1.55. The second-order valence-electron chi connectivity index (χ2n) is 6.87. The summed E-state index contributed by atoms with van der Waals surface area (Å²) in [6, 6.07) is 20.4. The van der Waals surface area contributed by atoms with Crippen molar-refractivity contribution in [3.05, 3.63) is 94.0 Å². The Bertz CT molecular complexity index is 1150. The largest absolute Gasteiger partial charge is 0.296 e. The van der Waals surface area contributed by atoms with E-state index in [1.165, 1.54) is 16.3 Å². The summed E-state index contributed by atoms with van der Waals surface area (Å²) in [7, 11) is 2.05. The molecule has 0 aliphatic heterocycles. The molecule has 26 heavy (non-hydrogen) atoms. The molecule has 0 radical (unpaired) electrons. The predicted molar refractivity (Wildman–Crippen MR) is 105 cm³/mol. The highest BCUT2D eigenvalue weighted by Crippen LogP contribution is 2.17. The minimum absolute atomic E-state index is 0.0344. The van der Waals surface area contributed by atoms with Crippen molar-refractivity contribution in [3.8, 4) is 0 Å². The van der Waals surface area contributed by atoms with Crippen LogP contribution in [0.25, 0.3) is 16.4 Å². The molecule has 0 N–H and O–H groups in total. The second-order valence-corrected chi connectivity index (χ2v) is 6.87. The highest BCUT2D eigenvalue weighted by atomic mass is 16.1. The summed E-state index contributed by atoms with van der Waals surface area (Å²) in [6.45, 7) is 3.41. The molecule has 0 saturated heterocycles. The second kappa shape index (κ2) is 6.73. The molecular formula is C22H21N3O. The van der Waals surface area contributed by atoms with Crippen molar-refractivity contribution in [2.75, 3.05) is 7.05 Å². The average molecular weight is 343 g/mol. The van der Waals surface area contributed by atoms with Crippen LogP contribution in [0.2, 0.25) is 0 Å². The Kier molecular flexibility index (Phi) is 4.27. The van der Waals surface area contributed by atoms with Crippen LogP contribution in [-0.4, -0.2) is 21.3 Å². The van der Waals surface area contributed by atoms with Gasteiger partial charge in [0.1, 0.15) is 5.65 Å². The molecule has 0 amide bonds. The van der Waals surface area contributed by atoms with Gasteiger partial charge in [-0.25, -0.2) is 4.98 Å². The lowest BCUT2D eigenvalue weighted by Gasteiger charge is -2.17. The van der Waals surface area contributed by atoms with Gasteiger partial charge in [-0.2, -0.15) is 0 Å². The molecule has 0 spiro atoms. The zero-order chi connectivity index (χ0) is 18.1. The smallest absolute Gasteiger partial charge is 0.258 e. The maximum atomic E-state index is 12.3. The lowest BCUT2D eigenvalue weighted by Crippen LogP contribution is -2.22. The van der Waals surface area contributed by atoms with E-state index >= 15 is 0 Å². The molecule has 2 aromatic heterocycles. The predicted octanol–water partition coefficient (Wildman–Crippen LogP) is 3.79. The van der Waals surface area contributed by atoms with Gasteiger partial charge >= 0.3 is 0 Å². The van der Waals surface area contributed by atoms with E-state index in [-0.39, 0.29) is 5.56 Å². The van der Waals surface area contributed by atoms with Crippen LogP contribution in [0, 0.1) is 6.92 Å². The number of fused-ring (bicyclic) bond motifs is 2. The fraction of sp³-hybridized carbons (Fsp3) is 0.182. The molecule has 130 valence electrons. The highest BCUT2D eigenvalue weighted by Gasteiger charge is 2.07. The standard InChI is InChI=1S/C22H21N3O/c1-16-7-10-21-23-20(12-22(26)25(21)13-16)15-24(2)14-17-8-9-18-5-3-4-6-19(18)11-17/h3-13H,14-15H2,1-2H3. The molecule has 0 aliphatic rings. The number of hydrogen-bond acceptors (Lipinski definition) is 3. The van der Waals surface area contributed by atoms with Gasteiger partial charge in [0.25, 0.3) is 5.56 Å². The van der Waals surface area contributed by atoms with Crippen LogP contribution in [-0.2, 0) is 13.1 Å². The Hall–Kier alpha value is -2.98. The van der Waals surface area contributed by atoms with Crippen LogP contribution in [0.1, 0.15) is 16.8 Å². The van der Waals surface area contributed by atoms with Gasteiger partial charge in [-0.15, -0.1) is 0 Å². The molecule has 0 atom stereocenters. The molecule has 2 aromatic carbocycles. The van der Waals surface area contributed by atoms with Crippen molar-refractivity contribution >= 4 is 16.4 Å². The van der Waals surface area contributed by atoms with Gasteiger partial charge in [0.15, 0.2) is 0 Å². The van der Waals surface area contributed by atoms with Crippen LogP contribution >= 0.6 is 0 Å². The first-order chi connectivity index (χ1) is 12.6. The monoisotopic (exact) mass is 343 g/mol. The lowest BCUT2D eigenvalue weighted by molar-refractivity contribution is 0.315. The van der Waals surface area contributed by atoms with Crippen molar-refractivity contribution < 1.29 is 0 Å². The van der Waals surface area contributed by atoms with E-state index in [1.54, 1.807) is 10.5 Å². The van der Waals surface area contributed by atoms with Crippen molar-refractivity contribution in [1.82, 2.24) is 14.3 Å². The molecule has 4 heteroatoms. The quantitative estimate of drug-likeness (QED) is 0.566. The minimum Gasteiger partial charge on any atom is -0.296 e. The van der Waals surface area contributed by atoms with Gasteiger partial charge in [0.05, 0.1) is 5.69 Å². The van der Waals surface area contributed by atoms with Crippen molar-refractivity contribution in [2.45, 2.75) is 20.0 Å². The zero-order valence-corrected chi connectivity index (χ0v) is 15.0. The third kappa shape index (κ3) is 3.37. The topological polar surface area (TPSA) is 37.6 Å². The molecule has 0 bridgehead atoms. The first-order valence-corrected chi connectivity index (χ1v) is 8.74. The third-order valence-corrected chi connectivity index (χ3v) is 4.56. The number of aryl methyl sites for hydroxylation is 1. The Labute approximate surface area is 152 Å². The van der Waals surface area contributed by atoms with Gasteiger partial charge in [0, 0.05) is 25.4 Å². The van der Waals surface area contributed by atoms with Crippen LogP contribution in [0.15, 0.2) is 71.7 Å². The molecular weight excluding hydrogens is 322 g/mol. The van der Waals surface area contributed by atoms with Gasteiger partial charge in [-0.3, -0.25) is 14.1 Å². The van der Waals surface area contributed by atoms with E-state index in [0.29, 0.717) is 12.2 Å². The van der Waals surface area contributed by atoms with Crippen molar-refractivity contribution in [1.29, 1.82) is 0 Å². The number of rotatable bonds is 4. The van der Waals surface area contributed by atoms with Gasteiger partial charge in [-0.1, -0.05) is 42.5 Å². The zero-order valence-electron chi connectivity index (χ0n) is 15.0. The average Bonchev–Trinajstić information content (AvgIpc) is 2.62. The number of pyridine rings is 1. The Morgan fingerprint density at radius 3 is 2.62 bits per heavy atom. The summed E-state index contributed by atoms with van der Waals surface area (Å²) in [4.78, 5) is 19.1. The normalized spacial score (nSPS) is 11.5. The number of nitrogens with zero attached hydrogens (tertiary/aromatic N) is 3. The summed E-state index contributed by atoms with van der Waals surface area (Å²) in [5, 5.41) is 2.49. The van der Waals surface area contributed by atoms with Crippen LogP contribution in [0.5, 0.6) is 0 Å². The summed E-state index contributed by atoms with van der Waals surface area (Å²) in [6.07, 6.45) is 1.83. The van der Waals surface area contributed by atoms with E-state index in [4.69, 9.17) is 0 Å². The van der Waals surface area contributed by atoms with Crippen molar-refractivity contribution in [3.63, 3.8) is 0 Å². The fourth-order valence-electron chi connectivity index (χ4n) is 3.32. The van der Waals surface area contributed by atoms with Gasteiger partial charge in [-0.05, 0) is 48.0 Å². The molecule has 0 saturated carbocycles. The lowest BCUT2D eigenvalue weighted by atomic mass is 10.1. The molecule has 0 aliphatic carbocycles. The SMILES string of the molecule is Cc1ccc2nc(CN(C)Cc3ccc4ccccc4c3)cc(=O)n2c1. The molecule has 0 unspecified atom stereocenters. The molecule has 2 heterocycles. The number of benzene rings is 2. The number of hydrogen-bond donors (Lipinski definition) is 0.